The van der Waals surface area contributed by atoms with Crippen molar-refractivity contribution in [2.75, 3.05) is 22.4 Å². The van der Waals surface area contributed by atoms with Crippen molar-refractivity contribution in [3.8, 4) is 0 Å². The lowest BCUT2D eigenvalue weighted by atomic mass is 10.0. The Morgan fingerprint density at radius 3 is 2.07 bits per heavy atom. The van der Waals surface area contributed by atoms with Crippen LogP contribution in [0.15, 0.2) is 42.5 Å². The lowest BCUT2D eigenvalue weighted by molar-refractivity contribution is -0.114. The Kier molecular flexibility index (Phi) is 6.96. The van der Waals surface area contributed by atoms with Gasteiger partial charge >= 0.3 is 0 Å². The zero-order chi connectivity index (χ0) is 20.9. The second-order valence-corrected chi connectivity index (χ2v) is 8.49. The molecule has 0 aromatic heterocycles. The predicted octanol–water partition coefficient (Wildman–Crippen LogP) is 3.42. The lowest BCUT2D eigenvalue weighted by Gasteiger charge is -2.23. The molecule has 2 rings (SSSR count). The third-order valence-corrected chi connectivity index (χ3v) is 5.63. The quantitative estimate of drug-likeness (QED) is 0.686. The molecule has 0 radical (unpaired) electrons. The number of rotatable bonds is 8. The van der Waals surface area contributed by atoms with E-state index in [0.29, 0.717) is 5.56 Å². The third-order valence-electron chi connectivity index (χ3n) is 4.49. The van der Waals surface area contributed by atoms with Crippen LogP contribution in [0.1, 0.15) is 42.3 Å². The fraction of sp³-hybridized carbons (Fsp3) is 0.333. The van der Waals surface area contributed by atoms with Gasteiger partial charge in [-0.15, -0.1) is 0 Å². The highest BCUT2D eigenvalue weighted by molar-refractivity contribution is 7.92. The van der Waals surface area contributed by atoms with Crippen molar-refractivity contribution in [1.82, 2.24) is 0 Å². The van der Waals surface area contributed by atoms with E-state index in [1.165, 1.54) is 13.0 Å². The summed E-state index contributed by atoms with van der Waals surface area (Å²) in [5, 5.41) is 2.88. The van der Waals surface area contributed by atoms with E-state index in [0.717, 1.165) is 40.2 Å². The molecule has 0 bridgehead atoms. The topological polar surface area (TPSA) is 83.6 Å². The Labute approximate surface area is 166 Å². The summed E-state index contributed by atoms with van der Waals surface area (Å²) in [6.45, 7) is 5.03. The number of nitrogens with zero attached hydrogens (tertiary/aromatic N) is 1. The van der Waals surface area contributed by atoms with E-state index in [4.69, 9.17) is 0 Å². The largest absolute Gasteiger partial charge is 0.324 e. The maximum Gasteiger partial charge on any atom is 0.245 e. The van der Waals surface area contributed by atoms with Crippen LogP contribution in [-0.2, 0) is 27.7 Å². The third kappa shape index (κ3) is 5.19. The van der Waals surface area contributed by atoms with Crippen LogP contribution in [0.2, 0.25) is 0 Å². The van der Waals surface area contributed by atoms with Crippen LogP contribution in [0, 0.1) is 0 Å². The normalized spacial score (nSPS) is 11.1. The minimum Gasteiger partial charge on any atom is -0.324 e. The maximum absolute atomic E-state index is 12.7. The SMILES string of the molecule is CCc1cccc(CC)c1NC(=O)CN(c1cccc(C(C)=O)c1)S(C)(=O)=O. The van der Waals surface area contributed by atoms with Crippen LogP contribution >= 0.6 is 0 Å². The molecular formula is C21H26N2O4S. The number of Topliss-reactive ketones (excluding diaryl/α,β-unsaturated/α-hetero) is 1. The number of nitrogens with one attached hydrogen (secondary N) is 1. The standard InChI is InChI=1S/C21H26N2O4S/c1-5-16-9-7-10-17(6-2)21(16)22-20(25)14-23(28(4,26)27)19-12-8-11-18(13-19)15(3)24/h7-13H,5-6,14H2,1-4H3,(H,22,25). The highest BCUT2D eigenvalue weighted by Gasteiger charge is 2.22. The molecule has 150 valence electrons. The van der Waals surface area contributed by atoms with Gasteiger partial charge in [-0.3, -0.25) is 13.9 Å². The van der Waals surface area contributed by atoms with Gasteiger partial charge in [-0.2, -0.15) is 0 Å². The van der Waals surface area contributed by atoms with Gasteiger partial charge in [0.25, 0.3) is 0 Å². The average molecular weight is 403 g/mol. The molecule has 0 saturated carbocycles. The molecule has 0 spiro atoms. The van der Waals surface area contributed by atoms with E-state index >= 15 is 0 Å². The van der Waals surface area contributed by atoms with Crippen LogP contribution in [-0.4, -0.2) is 32.9 Å². The van der Waals surface area contributed by atoms with Gasteiger partial charge in [-0.1, -0.05) is 44.2 Å². The van der Waals surface area contributed by atoms with Crippen LogP contribution in [0.4, 0.5) is 11.4 Å². The highest BCUT2D eigenvalue weighted by atomic mass is 32.2. The molecule has 2 aromatic rings. The summed E-state index contributed by atoms with van der Waals surface area (Å²) in [7, 11) is -3.72. The van der Waals surface area contributed by atoms with Crippen LogP contribution < -0.4 is 9.62 Å². The number of aryl methyl sites for hydroxylation is 2. The van der Waals surface area contributed by atoms with Gasteiger partial charge < -0.3 is 5.32 Å². The number of ketones is 1. The predicted molar refractivity (Wildman–Crippen MR) is 112 cm³/mol. The Bertz CT molecular complexity index is 961. The van der Waals surface area contributed by atoms with Crippen molar-refractivity contribution < 1.29 is 18.0 Å². The fourth-order valence-corrected chi connectivity index (χ4v) is 3.84. The number of anilines is 2. The van der Waals surface area contributed by atoms with Crippen molar-refractivity contribution >= 4 is 33.1 Å². The summed E-state index contributed by atoms with van der Waals surface area (Å²) in [6.07, 6.45) is 2.54. The summed E-state index contributed by atoms with van der Waals surface area (Å²) >= 11 is 0. The molecule has 1 amide bonds. The molecule has 1 N–H and O–H groups in total. The molecule has 7 heteroatoms. The zero-order valence-corrected chi connectivity index (χ0v) is 17.5. The van der Waals surface area contributed by atoms with Gasteiger partial charge in [-0.05, 0) is 43.0 Å². The Morgan fingerprint density at radius 1 is 1.00 bits per heavy atom. The van der Waals surface area contributed by atoms with E-state index in [1.54, 1.807) is 18.2 Å². The van der Waals surface area contributed by atoms with Gasteiger partial charge in [0.1, 0.15) is 6.54 Å². The second kappa shape index (κ2) is 9.01. The summed E-state index contributed by atoms with van der Waals surface area (Å²) in [4.78, 5) is 24.3. The van der Waals surface area contributed by atoms with Crippen LogP contribution in [0.5, 0.6) is 0 Å². The van der Waals surface area contributed by atoms with E-state index in [9.17, 15) is 18.0 Å². The van der Waals surface area contributed by atoms with E-state index in [1.807, 2.05) is 32.0 Å². The molecule has 2 aromatic carbocycles. The van der Waals surface area contributed by atoms with E-state index < -0.39 is 15.9 Å². The first-order valence-electron chi connectivity index (χ1n) is 9.16. The molecular weight excluding hydrogens is 376 g/mol. The molecule has 0 atom stereocenters. The molecule has 0 unspecified atom stereocenters. The molecule has 0 aliphatic rings. The lowest BCUT2D eigenvalue weighted by Crippen LogP contribution is -2.37. The number of carbonyl (C=O) groups excluding carboxylic acids is 2. The fourth-order valence-electron chi connectivity index (χ4n) is 2.99. The van der Waals surface area contributed by atoms with Crippen molar-refractivity contribution in [2.24, 2.45) is 0 Å². The van der Waals surface area contributed by atoms with E-state index in [2.05, 4.69) is 5.32 Å². The van der Waals surface area contributed by atoms with Crippen molar-refractivity contribution in [2.45, 2.75) is 33.6 Å². The minimum atomic E-state index is -3.72. The summed E-state index contributed by atoms with van der Waals surface area (Å²) in [6, 6.07) is 12.1. The zero-order valence-electron chi connectivity index (χ0n) is 16.7. The number of hydrogen-bond donors (Lipinski definition) is 1. The monoisotopic (exact) mass is 402 g/mol. The first kappa shape index (κ1) is 21.6. The number of benzene rings is 2. The van der Waals surface area contributed by atoms with Gasteiger partial charge in [0.05, 0.1) is 11.9 Å². The van der Waals surface area contributed by atoms with Gasteiger partial charge in [0, 0.05) is 11.3 Å². The van der Waals surface area contributed by atoms with Crippen molar-refractivity contribution in [1.29, 1.82) is 0 Å². The second-order valence-electron chi connectivity index (χ2n) is 6.58. The molecule has 0 saturated heterocycles. The number of para-hydroxylation sites is 1. The summed E-state index contributed by atoms with van der Waals surface area (Å²) < 4.78 is 25.6. The highest BCUT2D eigenvalue weighted by Crippen LogP contribution is 2.24. The van der Waals surface area contributed by atoms with Gasteiger partial charge in [-0.25, -0.2) is 8.42 Å². The number of amides is 1. The molecule has 0 heterocycles. The van der Waals surface area contributed by atoms with Crippen LogP contribution in [0.3, 0.4) is 0 Å². The van der Waals surface area contributed by atoms with Crippen molar-refractivity contribution in [3.63, 3.8) is 0 Å². The van der Waals surface area contributed by atoms with E-state index in [-0.39, 0.29) is 18.0 Å². The number of sulfonamides is 1. The molecule has 28 heavy (non-hydrogen) atoms. The molecule has 0 aliphatic heterocycles. The Balaban J connectivity index is 2.34. The Morgan fingerprint density at radius 2 is 1.57 bits per heavy atom. The summed E-state index contributed by atoms with van der Waals surface area (Å²) in [5.41, 5.74) is 3.40. The first-order valence-corrected chi connectivity index (χ1v) is 11.0. The smallest absolute Gasteiger partial charge is 0.245 e. The number of carbonyl (C=O) groups is 2. The Hall–Kier alpha value is -2.67. The average Bonchev–Trinajstić information content (AvgIpc) is 2.65. The van der Waals surface area contributed by atoms with Crippen LogP contribution in [0.25, 0.3) is 0 Å². The first-order chi connectivity index (χ1) is 13.2. The van der Waals surface area contributed by atoms with Crippen molar-refractivity contribution in [3.05, 3.63) is 59.2 Å². The maximum atomic E-state index is 12.7. The molecule has 6 nitrogen and oxygen atoms in total. The minimum absolute atomic E-state index is 0.177. The van der Waals surface area contributed by atoms with Gasteiger partial charge in [0.15, 0.2) is 5.78 Å². The summed E-state index contributed by atoms with van der Waals surface area (Å²) in [5.74, 6) is -0.613. The molecule has 0 aliphatic carbocycles. The number of hydrogen-bond acceptors (Lipinski definition) is 4. The molecule has 0 fully saturated rings. The van der Waals surface area contributed by atoms with Gasteiger partial charge in [0.2, 0.25) is 15.9 Å².